The Hall–Kier alpha value is -3.08. The first-order chi connectivity index (χ1) is 13.4. The number of rotatable bonds is 4. The summed E-state index contributed by atoms with van der Waals surface area (Å²) in [7, 11) is 1.57. The lowest BCUT2D eigenvalue weighted by Gasteiger charge is -2.32. The molecule has 8 heteroatoms. The number of halogens is 1. The summed E-state index contributed by atoms with van der Waals surface area (Å²) in [5, 5.41) is 15.8. The molecule has 6 nitrogen and oxygen atoms in total. The van der Waals surface area contributed by atoms with E-state index in [-0.39, 0.29) is 22.3 Å². The minimum absolute atomic E-state index is 0.154. The summed E-state index contributed by atoms with van der Waals surface area (Å²) in [6, 6.07) is 16.0. The summed E-state index contributed by atoms with van der Waals surface area (Å²) in [6.45, 7) is 0. The van der Waals surface area contributed by atoms with Crippen LogP contribution >= 0.6 is 23.8 Å². The number of nitrogens with one attached hydrogen (secondary N) is 2. The fraction of sp³-hybridized carbons (Fsp3) is 0.150. The number of amides is 1. The Kier molecular flexibility index (Phi) is 5.83. The van der Waals surface area contributed by atoms with Crippen molar-refractivity contribution in [3.8, 4) is 11.8 Å². The molecular weight excluding hydrogens is 396 g/mol. The zero-order chi connectivity index (χ0) is 20.3. The van der Waals surface area contributed by atoms with Crippen molar-refractivity contribution >= 4 is 40.4 Å². The van der Waals surface area contributed by atoms with Crippen LogP contribution in [0.4, 0.5) is 5.69 Å². The van der Waals surface area contributed by atoms with Crippen LogP contribution in [0, 0.1) is 17.2 Å². The van der Waals surface area contributed by atoms with Crippen LogP contribution in [-0.4, -0.2) is 18.0 Å². The minimum Gasteiger partial charge on any atom is -0.497 e. The SMILES string of the molecule is COc1ccc(NC(=O)[C@H]2C(=S)NC(N)=C(C#N)[C@H]2c2ccc(Cl)cc2)cc1. The Labute approximate surface area is 172 Å². The fourth-order valence-electron chi connectivity index (χ4n) is 3.09. The normalized spacial score (nSPS) is 18.8. The van der Waals surface area contributed by atoms with Crippen molar-refractivity contribution in [1.29, 1.82) is 5.26 Å². The van der Waals surface area contributed by atoms with Gasteiger partial charge in [0.05, 0.1) is 23.7 Å². The van der Waals surface area contributed by atoms with Gasteiger partial charge in [0.2, 0.25) is 5.91 Å². The van der Waals surface area contributed by atoms with Gasteiger partial charge in [-0.3, -0.25) is 4.79 Å². The Morgan fingerprint density at radius 2 is 1.89 bits per heavy atom. The Balaban J connectivity index is 1.97. The van der Waals surface area contributed by atoms with Gasteiger partial charge in [-0.1, -0.05) is 36.0 Å². The van der Waals surface area contributed by atoms with Crippen LogP contribution in [-0.2, 0) is 4.79 Å². The zero-order valence-electron chi connectivity index (χ0n) is 14.9. The first-order valence-electron chi connectivity index (χ1n) is 8.35. The number of carbonyl (C=O) groups is 1. The second-order valence-corrected chi connectivity index (χ2v) is 7.03. The highest BCUT2D eigenvalue weighted by molar-refractivity contribution is 7.80. The van der Waals surface area contributed by atoms with Crippen LogP contribution in [0.2, 0.25) is 5.02 Å². The molecule has 1 amide bonds. The van der Waals surface area contributed by atoms with Crippen molar-refractivity contribution in [1.82, 2.24) is 5.32 Å². The monoisotopic (exact) mass is 412 g/mol. The molecular formula is C20H17ClN4O2S. The van der Waals surface area contributed by atoms with Crippen LogP contribution in [0.5, 0.6) is 5.75 Å². The third-order valence-electron chi connectivity index (χ3n) is 4.46. The number of anilines is 1. The molecule has 2 aromatic rings. The molecule has 1 aliphatic rings. The van der Waals surface area contributed by atoms with E-state index >= 15 is 0 Å². The lowest BCUT2D eigenvalue weighted by molar-refractivity contribution is -0.118. The van der Waals surface area contributed by atoms with Crippen molar-refractivity contribution in [2.45, 2.75) is 5.92 Å². The zero-order valence-corrected chi connectivity index (χ0v) is 16.5. The number of benzene rings is 2. The number of nitrogens with two attached hydrogens (primary N) is 1. The average Bonchev–Trinajstić information content (AvgIpc) is 2.68. The number of carbonyl (C=O) groups excluding carboxylic acids is 1. The number of methoxy groups -OCH3 is 1. The predicted octanol–water partition coefficient (Wildman–Crippen LogP) is 3.31. The molecule has 28 heavy (non-hydrogen) atoms. The molecule has 0 bridgehead atoms. The summed E-state index contributed by atoms with van der Waals surface area (Å²) in [6.07, 6.45) is 0. The third-order valence-corrected chi connectivity index (χ3v) is 5.07. The van der Waals surface area contributed by atoms with Crippen LogP contribution < -0.4 is 21.1 Å². The average molecular weight is 413 g/mol. The number of nitriles is 1. The lowest BCUT2D eigenvalue weighted by atomic mass is 9.78. The number of allylic oxidation sites excluding steroid dienone is 1. The van der Waals surface area contributed by atoms with E-state index < -0.39 is 11.8 Å². The lowest BCUT2D eigenvalue weighted by Crippen LogP contribution is -2.46. The topological polar surface area (TPSA) is 100 Å². The van der Waals surface area contributed by atoms with Gasteiger partial charge < -0.3 is 21.1 Å². The Morgan fingerprint density at radius 1 is 1.25 bits per heavy atom. The van der Waals surface area contributed by atoms with Gasteiger partial charge in [0.15, 0.2) is 0 Å². The second kappa shape index (κ2) is 8.30. The number of hydrogen-bond donors (Lipinski definition) is 3. The van der Waals surface area contributed by atoms with E-state index in [0.29, 0.717) is 16.5 Å². The maximum Gasteiger partial charge on any atom is 0.235 e. The molecule has 142 valence electrons. The van der Waals surface area contributed by atoms with Gasteiger partial charge in [0, 0.05) is 16.6 Å². The molecule has 0 spiro atoms. The molecule has 0 aromatic heterocycles. The maximum absolute atomic E-state index is 13.1. The first kappa shape index (κ1) is 19.7. The van der Waals surface area contributed by atoms with Crippen molar-refractivity contribution in [3.63, 3.8) is 0 Å². The summed E-state index contributed by atoms with van der Waals surface area (Å²) in [4.78, 5) is 13.3. The second-order valence-electron chi connectivity index (χ2n) is 6.15. The number of thiocarbonyl (C=S) groups is 1. The standard InChI is InChI=1S/C20H17ClN4O2S/c1-27-14-8-6-13(7-9-14)24-19(26)17-16(11-2-4-12(21)5-3-11)15(10-22)18(23)25-20(17)28/h2-9,16-17H,23H2,1H3,(H,24,26)(H,25,28)/t16-,17+/m1/s1. The maximum atomic E-state index is 13.1. The summed E-state index contributed by atoms with van der Waals surface area (Å²) in [5.74, 6) is -0.937. The molecule has 1 aliphatic heterocycles. The number of nitrogens with zero attached hydrogens (tertiary/aromatic N) is 1. The highest BCUT2D eigenvalue weighted by Crippen LogP contribution is 2.37. The van der Waals surface area contributed by atoms with E-state index in [9.17, 15) is 10.1 Å². The summed E-state index contributed by atoms with van der Waals surface area (Å²) in [5.41, 5.74) is 7.54. The smallest absolute Gasteiger partial charge is 0.235 e. The van der Waals surface area contributed by atoms with E-state index in [1.165, 1.54) is 0 Å². The molecule has 0 saturated carbocycles. The van der Waals surface area contributed by atoms with Gasteiger partial charge in [0.1, 0.15) is 17.5 Å². The summed E-state index contributed by atoms with van der Waals surface area (Å²) >= 11 is 11.4. The molecule has 3 rings (SSSR count). The van der Waals surface area contributed by atoms with Crippen molar-refractivity contribution in [2.75, 3.05) is 12.4 Å². The van der Waals surface area contributed by atoms with Gasteiger partial charge in [-0.25, -0.2) is 0 Å². The molecule has 0 aliphatic carbocycles. The van der Waals surface area contributed by atoms with Crippen LogP contribution in [0.25, 0.3) is 0 Å². The molecule has 1 heterocycles. The minimum atomic E-state index is -0.805. The molecule has 0 unspecified atom stereocenters. The van der Waals surface area contributed by atoms with Gasteiger partial charge in [-0.15, -0.1) is 0 Å². The molecule has 4 N–H and O–H groups in total. The van der Waals surface area contributed by atoms with E-state index in [4.69, 9.17) is 34.3 Å². The van der Waals surface area contributed by atoms with Gasteiger partial charge in [0.25, 0.3) is 0 Å². The number of hydrogen-bond acceptors (Lipinski definition) is 5. The van der Waals surface area contributed by atoms with E-state index in [0.717, 1.165) is 5.56 Å². The van der Waals surface area contributed by atoms with E-state index in [1.807, 2.05) is 0 Å². The molecule has 2 atom stereocenters. The quantitative estimate of drug-likeness (QED) is 0.666. The van der Waals surface area contributed by atoms with Crippen LogP contribution in [0.15, 0.2) is 59.9 Å². The van der Waals surface area contributed by atoms with E-state index in [2.05, 4.69) is 16.7 Å². The summed E-state index contributed by atoms with van der Waals surface area (Å²) < 4.78 is 5.12. The van der Waals surface area contributed by atoms with Gasteiger partial charge in [-0.2, -0.15) is 5.26 Å². The largest absolute Gasteiger partial charge is 0.497 e. The predicted molar refractivity (Wildman–Crippen MR) is 112 cm³/mol. The number of ether oxygens (including phenoxy) is 1. The van der Waals surface area contributed by atoms with Crippen molar-refractivity contribution in [3.05, 3.63) is 70.5 Å². The molecule has 0 saturated heterocycles. The van der Waals surface area contributed by atoms with Gasteiger partial charge in [-0.05, 0) is 42.0 Å². The van der Waals surface area contributed by atoms with Crippen LogP contribution in [0.1, 0.15) is 11.5 Å². The third kappa shape index (κ3) is 3.93. The van der Waals surface area contributed by atoms with Crippen molar-refractivity contribution < 1.29 is 9.53 Å². The molecule has 0 radical (unpaired) electrons. The van der Waals surface area contributed by atoms with E-state index in [1.54, 1.807) is 55.6 Å². The molecule has 2 aromatic carbocycles. The molecule has 0 fully saturated rings. The Morgan fingerprint density at radius 3 is 2.46 bits per heavy atom. The Bertz CT molecular complexity index is 981. The fourth-order valence-corrected chi connectivity index (χ4v) is 3.57. The first-order valence-corrected chi connectivity index (χ1v) is 9.14. The highest BCUT2D eigenvalue weighted by Gasteiger charge is 2.40. The van der Waals surface area contributed by atoms with Gasteiger partial charge >= 0.3 is 0 Å². The van der Waals surface area contributed by atoms with Crippen LogP contribution in [0.3, 0.4) is 0 Å². The van der Waals surface area contributed by atoms with Crippen molar-refractivity contribution in [2.24, 2.45) is 11.7 Å². The highest BCUT2D eigenvalue weighted by atomic mass is 35.5.